The van der Waals surface area contributed by atoms with Crippen LogP contribution in [0.4, 0.5) is 5.69 Å². The van der Waals surface area contributed by atoms with Crippen LogP contribution in [0.3, 0.4) is 0 Å². The second kappa shape index (κ2) is 7.96. The van der Waals surface area contributed by atoms with Gasteiger partial charge in [0.15, 0.2) is 0 Å². The Bertz CT molecular complexity index is 1130. The van der Waals surface area contributed by atoms with Gasteiger partial charge in [0.25, 0.3) is 0 Å². The fourth-order valence-corrected chi connectivity index (χ4v) is 6.43. The van der Waals surface area contributed by atoms with E-state index in [0.29, 0.717) is 10.9 Å². The minimum absolute atomic E-state index is 0.0961. The molecule has 3 N–H and O–H groups in total. The Labute approximate surface area is 193 Å². The summed E-state index contributed by atoms with van der Waals surface area (Å²) in [4.78, 5) is 17.4. The van der Waals surface area contributed by atoms with E-state index in [0.717, 1.165) is 36.1 Å². The van der Waals surface area contributed by atoms with Gasteiger partial charge in [0.1, 0.15) is 6.26 Å². The van der Waals surface area contributed by atoms with Gasteiger partial charge in [-0.3, -0.25) is 4.79 Å². The molecular formula is C26H28ClN3O2. The van der Waals surface area contributed by atoms with Crippen LogP contribution in [0.1, 0.15) is 56.1 Å². The Morgan fingerprint density at radius 1 is 1.25 bits per heavy atom. The summed E-state index contributed by atoms with van der Waals surface area (Å²) in [6.45, 7) is 4.28. The average molecular weight is 450 g/mol. The number of nitrogens with zero attached hydrogens (tertiary/aromatic N) is 1. The molecule has 0 bridgehead atoms. The van der Waals surface area contributed by atoms with Crippen molar-refractivity contribution in [2.45, 2.75) is 51.0 Å². The number of halogens is 1. The zero-order chi connectivity index (χ0) is 22.5. The highest BCUT2D eigenvalue weighted by molar-refractivity contribution is 6.30. The van der Waals surface area contributed by atoms with Crippen LogP contribution in [0.2, 0.25) is 5.02 Å². The number of hydrogen-bond donors (Lipinski definition) is 2. The van der Waals surface area contributed by atoms with Crippen LogP contribution in [0.15, 0.2) is 59.3 Å². The molecule has 5 nitrogen and oxygen atoms in total. The van der Waals surface area contributed by atoms with Gasteiger partial charge < -0.3 is 15.5 Å². The van der Waals surface area contributed by atoms with E-state index in [1.807, 2.05) is 24.3 Å². The maximum atomic E-state index is 13.1. The molecule has 1 aromatic heterocycles. The molecule has 1 aliphatic heterocycles. The van der Waals surface area contributed by atoms with E-state index in [9.17, 15) is 4.79 Å². The average Bonchev–Trinajstić information content (AvgIpc) is 3.41. The largest absolute Gasteiger partial charge is 0.445 e. The van der Waals surface area contributed by atoms with E-state index in [1.165, 1.54) is 5.56 Å². The maximum Gasteiger partial charge on any atom is 0.226 e. The van der Waals surface area contributed by atoms with Crippen molar-refractivity contribution >= 4 is 23.2 Å². The molecule has 1 aliphatic carbocycles. The molecule has 2 fully saturated rings. The number of rotatable bonds is 4. The molecule has 5 atom stereocenters. The molecule has 1 amide bonds. The third-order valence-corrected chi connectivity index (χ3v) is 8.01. The molecule has 3 aromatic rings. The monoisotopic (exact) mass is 449 g/mol. The van der Waals surface area contributed by atoms with E-state index in [4.69, 9.17) is 21.8 Å². The third kappa shape index (κ3) is 3.22. The lowest BCUT2D eigenvalue weighted by atomic mass is 9.54. The van der Waals surface area contributed by atoms with E-state index in [-0.39, 0.29) is 35.1 Å². The summed E-state index contributed by atoms with van der Waals surface area (Å²) in [5, 5.41) is 3.97. The smallest absolute Gasteiger partial charge is 0.226 e. The van der Waals surface area contributed by atoms with Gasteiger partial charge in [-0.15, -0.1) is 0 Å². The number of hydrogen-bond acceptors (Lipinski definition) is 4. The van der Waals surface area contributed by atoms with Crippen molar-refractivity contribution < 1.29 is 9.21 Å². The van der Waals surface area contributed by atoms with Gasteiger partial charge in [0.05, 0.1) is 11.6 Å². The number of nitrogens with one attached hydrogen (secondary N) is 1. The maximum absolute atomic E-state index is 13.1. The summed E-state index contributed by atoms with van der Waals surface area (Å²) >= 11 is 6.21. The first-order chi connectivity index (χ1) is 15.4. The highest BCUT2D eigenvalue weighted by Crippen LogP contribution is 2.60. The van der Waals surface area contributed by atoms with Gasteiger partial charge >= 0.3 is 0 Å². The zero-order valence-corrected chi connectivity index (χ0v) is 19.1. The highest BCUT2D eigenvalue weighted by atomic mass is 35.5. The molecule has 1 saturated heterocycles. The van der Waals surface area contributed by atoms with Crippen LogP contribution in [0, 0.1) is 11.3 Å². The quantitative estimate of drug-likeness (QED) is 0.495. The second-order valence-electron chi connectivity index (χ2n) is 9.20. The van der Waals surface area contributed by atoms with Gasteiger partial charge in [-0.2, -0.15) is 0 Å². The van der Waals surface area contributed by atoms with Gasteiger partial charge in [-0.25, -0.2) is 4.98 Å². The van der Waals surface area contributed by atoms with Crippen molar-refractivity contribution in [3.05, 3.63) is 71.1 Å². The van der Waals surface area contributed by atoms with Gasteiger partial charge in [0, 0.05) is 28.2 Å². The van der Waals surface area contributed by atoms with Crippen molar-refractivity contribution in [3.63, 3.8) is 0 Å². The standard InChI is InChI=1S/C26H28ClN3O2/c1-3-26-11-10-20(19-9-6-17(14-21(19)28)24-29-12-13-32-24)22(16-4-7-18(27)8-5-16)23(26)15(2)30-25(26)31/h4-9,12-15,20,22-23H,3,10-11,28H2,1-2H3,(H,30,31)/t15-,20+,22+,23+,26-/m1/s1. The Morgan fingerprint density at radius 2 is 2.03 bits per heavy atom. The Kier molecular flexibility index (Phi) is 5.25. The lowest BCUT2D eigenvalue weighted by Gasteiger charge is -2.47. The number of oxazole rings is 1. The lowest BCUT2D eigenvalue weighted by Crippen LogP contribution is -2.43. The molecule has 2 heterocycles. The molecule has 2 aromatic carbocycles. The van der Waals surface area contributed by atoms with Crippen molar-refractivity contribution in [1.29, 1.82) is 0 Å². The summed E-state index contributed by atoms with van der Waals surface area (Å²) in [7, 11) is 0. The Hall–Kier alpha value is -2.79. The second-order valence-corrected chi connectivity index (χ2v) is 9.64. The topological polar surface area (TPSA) is 81.2 Å². The first kappa shape index (κ1) is 21.1. The number of amides is 1. The predicted octanol–water partition coefficient (Wildman–Crippen LogP) is 5.77. The molecular weight excluding hydrogens is 422 g/mol. The zero-order valence-electron chi connectivity index (χ0n) is 18.3. The van der Waals surface area contributed by atoms with E-state index in [2.05, 4.69) is 42.3 Å². The van der Waals surface area contributed by atoms with Gasteiger partial charge in [-0.1, -0.05) is 36.7 Å². The Balaban J connectivity index is 1.61. The van der Waals surface area contributed by atoms with Gasteiger partial charge in [-0.05, 0) is 73.4 Å². The van der Waals surface area contributed by atoms with Crippen LogP contribution in [0.25, 0.3) is 11.5 Å². The number of carbonyl (C=O) groups is 1. The first-order valence-electron chi connectivity index (χ1n) is 11.3. The van der Waals surface area contributed by atoms with Crippen LogP contribution in [0.5, 0.6) is 0 Å². The molecule has 166 valence electrons. The number of anilines is 1. The number of carbonyl (C=O) groups excluding carboxylic acids is 1. The molecule has 6 heteroatoms. The number of nitrogen functional groups attached to an aromatic ring is 1. The van der Waals surface area contributed by atoms with Crippen LogP contribution in [-0.4, -0.2) is 16.9 Å². The van der Waals surface area contributed by atoms with Crippen LogP contribution in [-0.2, 0) is 4.79 Å². The summed E-state index contributed by atoms with van der Waals surface area (Å²) in [5.74, 6) is 1.30. The molecule has 2 aliphatic rings. The summed E-state index contributed by atoms with van der Waals surface area (Å²) in [5.41, 5.74) is 10.2. The van der Waals surface area contributed by atoms with Crippen molar-refractivity contribution in [2.24, 2.45) is 11.3 Å². The Morgan fingerprint density at radius 3 is 2.69 bits per heavy atom. The van der Waals surface area contributed by atoms with E-state index >= 15 is 0 Å². The summed E-state index contributed by atoms with van der Waals surface area (Å²) in [6.07, 6.45) is 5.80. The minimum Gasteiger partial charge on any atom is -0.445 e. The fraction of sp³-hybridized carbons (Fsp3) is 0.385. The first-order valence-corrected chi connectivity index (χ1v) is 11.7. The van der Waals surface area contributed by atoms with Crippen LogP contribution >= 0.6 is 11.6 Å². The lowest BCUT2D eigenvalue weighted by molar-refractivity contribution is -0.131. The van der Waals surface area contributed by atoms with Crippen molar-refractivity contribution in [1.82, 2.24) is 10.3 Å². The van der Waals surface area contributed by atoms with Crippen molar-refractivity contribution in [2.75, 3.05) is 5.73 Å². The predicted molar refractivity (Wildman–Crippen MR) is 126 cm³/mol. The molecule has 1 saturated carbocycles. The summed E-state index contributed by atoms with van der Waals surface area (Å²) < 4.78 is 5.45. The van der Waals surface area contributed by atoms with Crippen LogP contribution < -0.4 is 11.1 Å². The fourth-order valence-electron chi connectivity index (χ4n) is 6.31. The SMILES string of the molecule is CC[C@@]12CC[C@@H](c3ccc(-c4ncco4)cc3N)[C@H](c3ccc(Cl)cc3)[C@@H]1[C@@H](C)NC2=O. The van der Waals surface area contributed by atoms with Crippen molar-refractivity contribution in [3.8, 4) is 11.5 Å². The van der Waals surface area contributed by atoms with E-state index < -0.39 is 0 Å². The number of benzene rings is 2. The third-order valence-electron chi connectivity index (χ3n) is 7.76. The molecule has 0 spiro atoms. The number of nitrogens with two attached hydrogens (primary N) is 1. The summed E-state index contributed by atoms with van der Waals surface area (Å²) in [6, 6.07) is 14.3. The molecule has 32 heavy (non-hydrogen) atoms. The number of aromatic nitrogens is 1. The molecule has 0 unspecified atom stereocenters. The molecule has 0 radical (unpaired) electrons. The van der Waals surface area contributed by atoms with E-state index in [1.54, 1.807) is 12.5 Å². The number of fused-ring (bicyclic) bond motifs is 1. The van der Waals surface area contributed by atoms with Gasteiger partial charge in [0.2, 0.25) is 11.8 Å². The normalized spacial score (nSPS) is 29.5. The highest BCUT2D eigenvalue weighted by Gasteiger charge is 2.59. The minimum atomic E-state index is -0.340. The molecule has 5 rings (SSSR count).